The first-order valence-electron chi connectivity index (χ1n) is 6.91. The van der Waals surface area contributed by atoms with Crippen LogP contribution in [0.1, 0.15) is 32.4 Å². The largest absolute Gasteiger partial charge is 0.444 e. The SMILES string of the molecule is CC(C)(C)OC(=O)N1CCOC(c2ccc(N)c(Cl)c2)C1. The average Bonchev–Trinajstić information content (AvgIpc) is 2.40. The van der Waals surface area contributed by atoms with Crippen LogP contribution in [-0.4, -0.2) is 36.3 Å². The normalized spacial score (nSPS) is 19.4. The second-order valence-electron chi connectivity index (χ2n) is 6.07. The van der Waals surface area contributed by atoms with Crippen LogP contribution in [0.2, 0.25) is 5.02 Å². The van der Waals surface area contributed by atoms with Gasteiger partial charge in [-0.05, 0) is 38.5 Å². The lowest BCUT2D eigenvalue weighted by Crippen LogP contribution is -2.44. The van der Waals surface area contributed by atoms with Gasteiger partial charge in [0.25, 0.3) is 0 Å². The number of ether oxygens (including phenoxy) is 2. The number of hydrogen-bond acceptors (Lipinski definition) is 4. The molecule has 1 atom stereocenters. The van der Waals surface area contributed by atoms with Crippen LogP contribution in [0, 0.1) is 0 Å². The summed E-state index contributed by atoms with van der Waals surface area (Å²) in [6.45, 7) is 6.98. The first-order valence-corrected chi connectivity index (χ1v) is 7.28. The second-order valence-corrected chi connectivity index (χ2v) is 6.47. The number of morpholine rings is 1. The summed E-state index contributed by atoms with van der Waals surface area (Å²) in [4.78, 5) is 13.8. The van der Waals surface area contributed by atoms with Crippen LogP contribution in [0.3, 0.4) is 0 Å². The summed E-state index contributed by atoms with van der Waals surface area (Å²) in [5, 5.41) is 0.491. The highest BCUT2D eigenvalue weighted by molar-refractivity contribution is 6.33. The van der Waals surface area contributed by atoms with Crippen LogP contribution in [-0.2, 0) is 9.47 Å². The number of amides is 1. The number of carbonyl (C=O) groups excluding carboxylic acids is 1. The number of carbonyl (C=O) groups is 1. The maximum atomic E-state index is 12.1. The van der Waals surface area contributed by atoms with Gasteiger partial charge in [-0.3, -0.25) is 0 Å². The number of halogens is 1. The predicted octanol–water partition coefficient (Wildman–Crippen LogP) is 3.23. The Morgan fingerprint density at radius 2 is 2.19 bits per heavy atom. The Hall–Kier alpha value is -1.46. The van der Waals surface area contributed by atoms with Crippen molar-refractivity contribution in [2.75, 3.05) is 25.4 Å². The first-order chi connectivity index (χ1) is 9.76. The molecule has 21 heavy (non-hydrogen) atoms. The van der Waals surface area contributed by atoms with Gasteiger partial charge in [0.2, 0.25) is 0 Å². The molecular formula is C15H21ClN2O3. The van der Waals surface area contributed by atoms with Gasteiger partial charge < -0.3 is 20.1 Å². The van der Waals surface area contributed by atoms with Crippen LogP contribution in [0.15, 0.2) is 18.2 Å². The Kier molecular flexibility index (Phi) is 4.64. The summed E-state index contributed by atoms with van der Waals surface area (Å²) >= 11 is 6.03. The zero-order chi connectivity index (χ0) is 15.6. The molecule has 6 heteroatoms. The Morgan fingerprint density at radius 1 is 1.48 bits per heavy atom. The summed E-state index contributed by atoms with van der Waals surface area (Å²) in [5.41, 5.74) is 6.63. The van der Waals surface area contributed by atoms with E-state index in [0.29, 0.717) is 30.4 Å². The minimum absolute atomic E-state index is 0.218. The van der Waals surface area contributed by atoms with Crippen molar-refractivity contribution in [2.24, 2.45) is 0 Å². The minimum atomic E-state index is -0.505. The van der Waals surface area contributed by atoms with E-state index in [4.69, 9.17) is 26.8 Å². The van der Waals surface area contributed by atoms with Crippen molar-refractivity contribution in [2.45, 2.75) is 32.5 Å². The molecule has 1 aliphatic rings. The van der Waals surface area contributed by atoms with Crippen molar-refractivity contribution in [1.82, 2.24) is 4.90 Å². The molecule has 0 aromatic heterocycles. The fourth-order valence-electron chi connectivity index (χ4n) is 2.09. The van der Waals surface area contributed by atoms with Crippen LogP contribution in [0.25, 0.3) is 0 Å². The number of nitrogens with two attached hydrogens (primary N) is 1. The van der Waals surface area contributed by atoms with Gasteiger partial charge in [-0.15, -0.1) is 0 Å². The van der Waals surface area contributed by atoms with E-state index < -0.39 is 5.60 Å². The van der Waals surface area contributed by atoms with Gasteiger partial charge in [0.1, 0.15) is 11.7 Å². The highest BCUT2D eigenvalue weighted by atomic mass is 35.5. The lowest BCUT2D eigenvalue weighted by Gasteiger charge is -2.34. The molecule has 1 heterocycles. The second kappa shape index (κ2) is 6.12. The smallest absolute Gasteiger partial charge is 0.410 e. The molecule has 1 amide bonds. The summed E-state index contributed by atoms with van der Waals surface area (Å²) in [7, 11) is 0. The Labute approximate surface area is 130 Å². The number of rotatable bonds is 1. The topological polar surface area (TPSA) is 64.8 Å². The number of nitrogen functional groups attached to an aromatic ring is 1. The van der Waals surface area contributed by atoms with Gasteiger partial charge in [-0.25, -0.2) is 4.79 Å². The van der Waals surface area contributed by atoms with Crippen LogP contribution in [0.4, 0.5) is 10.5 Å². The Balaban J connectivity index is 2.06. The molecular weight excluding hydrogens is 292 g/mol. The quantitative estimate of drug-likeness (QED) is 0.809. The van der Waals surface area contributed by atoms with Crippen LogP contribution >= 0.6 is 11.6 Å². The van der Waals surface area contributed by atoms with Crippen molar-refractivity contribution in [3.63, 3.8) is 0 Å². The summed E-state index contributed by atoms with van der Waals surface area (Å²) in [6.07, 6.45) is -0.540. The van der Waals surface area contributed by atoms with Gasteiger partial charge in [0.05, 0.1) is 23.9 Å². The van der Waals surface area contributed by atoms with E-state index in [1.807, 2.05) is 26.8 Å². The lowest BCUT2D eigenvalue weighted by molar-refractivity contribution is -0.0432. The lowest BCUT2D eigenvalue weighted by atomic mass is 10.1. The molecule has 5 nitrogen and oxygen atoms in total. The third-order valence-corrected chi connectivity index (χ3v) is 3.44. The van der Waals surface area contributed by atoms with Gasteiger partial charge in [0.15, 0.2) is 0 Å². The van der Waals surface area contributed by atoms with Crippen LogP contribution in [0.5, 0.6) is 0 Å². The molecule has 0 bridgehead atoms. The Morgan fingerprint density at radius 3 is 2.81 bits per heavy atom. The number of benzene rings is 1. The molecule has 1 saturated heterocycles. The summed E-state index contributed by atoms with van der Waals surface area (Å²) in [5.74, 6) is 0. The van der Waals surface area contributed by atoms with Gasteiger partial charge in [-0.1, -0.05) is 17.7 Å². The maximum absolute atomic E-state index is 12.1. The molecule has 1 unspecified atom stereocenters. The van der Waals surface area contributed by atoms with E-state index in [0.717, 1.165) is 5.56 Å². The van der Waals surface area contributed by atoms with Gasteiger partial charge in [-0.2, -0.15) is 0 Å². The van der Waals surface area contributed by atoms with Crippen LogP contribution < -0.4 is 5.73 Å². The van der Waals surface area contributed by atoms with E-state index in [2.05, 4.69) is 0 Å². The molecule has 1 aliphatic heterocycles. The summed E-state index contributed by atoms with van der Waals surface area (Å²) in [6, 6.07) is 5.39. The van der Waals surface area contributed by atoms with E-state index in [1.165, 1.54) is 0 Å². The molecule has 2 rings (SSSR count). The van der Waals surface area contributed by atoms with Crippen molar-refractivity contribution >= 4 is 23.4 Å². The predicted molar refractivity (Wildman–Crippen MR) is 82.4 cm³/mol. The molecule has 1 aromatic carbocycles. The summed E-state index contributed by atoms with van der Waals surface area (Å²) < 4.78 is 11.1. The Bertz CT molecular complexity index is 528. The van der Waals surface area contributed by atoms with E-state index >= 15 is 0 Å². The molecule has 1 fully saturated rings. The maximum Gasteiger partial charge on any atom is 0.410 e. The number of anilines is 1. The third kappa shape index (κ3) is 4.25. The van der Waals surface area contributed by atoms with Crippen molar-refractivity contribution in [3.8, 4) is 0 Å². The molecule has 2 N–H and O–H groups in total. The molecule has 0 saturated carbocycles. The molecule has 1 aromatic rings. The fourth-order valence-corrected chi connectivity index (χ4v) is 2.28. The van der Waals surface area contributed by atoms with Crippen molar-refractivity contribution < 1.29 is 14.3 Å². The first kappa shape index (κ1) is 15.9. The van der Waals surface area contributed by atoms with Gasteiger partial charge in [0, 0.05) is 6.54 Å². The average molecular weight is 313 g/mol. The van der Waals surface area contributed by atoms with Crippen molar-refractivity contribution in [1.29, 1.82) is 0 Å². The van der Waals surface area contributed by atoms with E-state index in [9.17, 15) is 4.79 Å². The highest BCUT2D eigenvalue weighted by Gasteiger charge is 2.29. The third-order valence-electron chi connectivity index (χ3n) is 3.11. The number of nitrogens with zero attached hydrogens (tertiary/aromatic N) is 1. The molecule has 0 aliphatic carbocycles. The van der Waals surface area contributed by atoms with Gasteiger partial charge >= 0.3 is 6.09 Å². The van der Waals surface area contributed by atoms with E-state index in [-0.39, 0.29) is 12.2 Å². The molecule has 0 spiro atoms. The highest BCUT2D eigenvalue weighted by Crippen LogP contribution is 2.28. The standard InChI is InChI=1S/C15H21ClN2O3/c1-15(2,3)21-14(19)18-6-7-20-13(9-18)10-4-5-12(17)11(16)8-10/h4-5,8,13H,6-7,9,17H2,1-3H3. The monoisotopic (exact) mass is 312 g/mol. The molecule has 0 radical (unpaired) electrons. The number of hydrogen-bond donors (Lipinski definition) is 1. The fraction of sp³-hybridized carbons (Fsp3) is 0.533. The zero-order valence-electron chi connectivity index (χ0n) is 12.6. The zero-order valence-corrected chi connectivity index (χ0v) is 13.3. The van der Waals surface area contributed by atoms with Crippen molar-refractivity contribution in [3.05, 3.63) is 28.8 Å². The molecule has 116 valence electrons. The minimum Gasteiger partial charge on any atom is -0.444 e. The van der Waals surface area contributed by atoms with E-state index in [1.54, 1.807) is 17.0 Å².